The van der Waals surface area contributed by atoms with Gasteiger partial charge in [-0.2, -0.15) is 0 Å². The normalized spacial score (nSPS) is 16.5. The third-order valence-electron chi connectivity index (χ3n) is 4.34. The summed E-state index contributed by atoms with van der Waals surface area (Å²) in [4.78, 5) is 12.2. The Balaban J connectivity index is 1.43. The molecule has 27 heavy (non-hydrogen) atoms. The van der Waals surface area contributed by atoms with Crippen LogP contribution >= 0.6 is 0 Å². The van der Waals surface area contributed by atoms with Crippen LogP contribution in [0.5, 0.6) is 5.75 Å². The van der Waals surface area contributed by atoms with Gasteiger partial charge in [0.25, 0.3) is 0 Å². The molecule has 3 rings (SSSR count). The van der Waals surface area contributed by atoms with Gasteiger partial charge in [0, 0.05) is 19.6 Å². The van der Waals surface area contributed by atoms with Gasteiger partial charge in [-0.1, -0.05) is 42.5 Å². The van der Waals surface area contributed by atoms with E-state index < -0.39 is 0 Å². The minimum Gasteiger partial charge on any atom is -0.491 e. The average molecular weight is 369 g/mol. The standard InChI is InChI=1S/C21H27N3O3/c25-21(23-16-18-15-22-12-14-26-18)24-19-10-4-5-11-20(19)27-13-6-9-17-7-2-1-3-8-17/h1-5,7-8,10-11,18,22H,6,9,12-16H2,(H2,23,24,25)/t18-/m1/s1. The van der Waals surface area contributed by atoms with Crippen LogP contribution in [-0.4, -0.2) is 45.0 Å². The fourth-order valence-corrected chi connectivity index (χ4v) is 2.92. The summed E-state index contributed by atoms with van der Waals surface area (Å²) in [6, 6.07) is 17.6. The Hall–Kier alpha value is -2.57. The number of hydrogen-bond donors (Lipinski definition) is 3. The fraction of sp³-hybridized carbons (Fsp3) is 0.381. The molecule has 1 atom stereocenters. The van der Waals surface area contributed by atoms with Crippen LogP contribution in [0.25, 0.3) is 0 Å². The zero-order valence-electron chi connectivity index (χ0n) is 15.4. The maximum absolute atomic E-state index is 12.2. The predicted molar refractivity (Wildman–Crippen MR) is 106 cm³/mol. The number of hydrogen-bond acceptors (Lipinski definition) is 4. The number of carbonyl (C=O) groups excluding carboxylic acids is 1. The van der Waals surface area contributed by atoms with E-state index in [1.54, 1.807) is 0 Å². The molecule has 0 spiro atoms. The van der Waals surface area contributed by atoms with Crippen molar-refractivity contribution in [3.05, 3.63) is 60.2 Å². The van der Waals surface area contributed by atoms with Crippen LogP contribution < -0.4 is 20.7 Å². The first-order valence-electron chi connectivity index (χ1n) is 9.44. The van der Waals surface area contributed by atoms with Gasteiger partial charge < -0.3 is 25.4 Å². The number of carbonyl (C=O) groups is 1. The molecule has 0 radical (unpaired) electrons. The highest BCUT2D eigenvalue weighted by Crippen LogP contribution is 2.23. The lowest BCUT2D eigenvalue weighted by molar-refractivity contribution is 0.0310. The maximum atomic E-state index is 12.2. The zero-order valence-corrected chi connectivity index (χ0v) is 15.4. The molecule has 2 aromatic rings. The Labute approximate surface area is 160 Å². The van der Waals surface area contributed by atoms with Gasteiger partial charge in [0.15, 0.2) is 0 Å². The third kappa shape index (κ3) is 6.58. The van der Waals surface area contributed by atoms with Crippen LogP contribution in [-0.2, 0) is 11.2 Å². The first-order valence-corrected chi connectivity index (χ1v) is 9.44. The molecule has 1 fully saturated rings. The van der Waals surface area contributed by atoms with Crippen molar-refractivity contribution in [3.63, 3.8) is 0 Å². The van der Waals surface area contributed by atoms with E-state index in [-0.39, 0.29) is 12.1 Å². The first-order chi connectivity index (χ1) is 13.3. The molecule has 0 bridgehead atoms. The molecular weight excluding hydrogens is 342 g/mol. The number of anilines is 1. The highest BCUT2D eigenvalue weighted by atomic mass is 16.5. The molecule has 0 aromatic heterocycles. The average Bonchev–Trinajstić information content (AvgIpc) is 2.72. The van der Waals surface area contributed by atoms with Crippen molar-refractivity contribution >= 4 is 11.7 Å². The Bertz CT molecular complexity index is 703. The molecule has 2 aromatic carbocycles. The second-order valence-corrected chi connectivity index (χ2v) is 6.47. The molecular formula is C21H27N3O3. The van der Waals surface area contributed by atoms with E-state index >= 15 is 0 Å². The highest BCUT2D eigenvalue weighted by Gasteiger charge is 2.14. The number of morpholine rings is 1. The van der Waals surface area contributed by atoms with Crippen molar-refractivity contribution in [3.8, 4) is 5.75 Å². The summed E-state index contributed by atoms with van der Waals surface area (Å²) in [5, 5.41) is 8.95. The van der Waals surface area contributed by atoms with Crippen molar-refractivity contribution < 1.29 is 14.3 Å². The molecule has 0 saturated carbocycles. The van der Waals surface area contributed by atoms with Crippen LogP contribution in [0.4, 0.5) is 10.5 Å². The summed E-state index contributed by atoms with van der Waals surface area (Å²) in [6.07, 6.45) is 1.89. The lowest BCUT2D eigenvalue weighted by atomic mass is 10.1. The van der Waals surface area contributed by atoms with Gasteiger partial charge in [-0.3, -0.25) is 0 Å². The number of rotatable bonds is 8. The van der Waals surface area contributed by atoms with E-state index in [0.717, 1.165) is 25.9 Å². The van der Waals surface area contributed by atoms with Crippen molar-refractivity contribution in [1.29, 1.82) is 0 Å². The van der Waals surface area contributed by atoms with Gasteiger partial charge in [0.05, 0.1) is 25.0 Å². The number of amides is 2. The molecule has 0 aliphatic carbocycles. The lowest BCUT2D eigenvalue weighted by Crippen LogP contribution is -2.46. The molecule has 1 saturated heterocycles. The molecule has 6 heteroatoms. The van der Waals surface area contributed by atoms with Crippen molar-refractivity contribution in [2.45, 2.75) is 18.9 Å². The SMILES string of the molecule is O=C(NC[C@H]1CNCCO1)Nc1ccccc1OCCCc1ccccc1. The monoisotopic (exact) mass is 369 g/mol. The van der Waals surface area contributed by atoms with Crippen LogP contribution in [0, 0.1) is 0 Å². The number of benzene rings is 2. The van der Waals surface area contributed by atoms with Crippen molar-refractivity contribution in [2.24, 2.45) is 0 Å². The van der Waals surface area contributed by atoms with Gasteiger partial charge in [-0.05, 0) is 30.5 Å². The Morgan fingerprint density at radius 3 is 2.78 bits per heavy atom. The Morgan fingerprint density at radius 2 is 1.96 bits per heavy atom. The Kier molecular flexibility index (Phi) is 7.50. The van der Waals surface area contributed by atoms with Gasteiger partial charge in [0.1, 0.15) is 5.75 Å². The first kappa shape index (κ1) is 19.2. The molecule has 3 N–H and O–H groups in total. The molecule has 1 aliphatic rings. The van der Waals surface area contributed by atoms with Crippen LogP contribution in [0.1, 0.15) is 12.0 Å². The quantitative estimate of drug-likeness (QED) is 0.626. The summed E-state index contributed by atoms with van der Waals surface area (Å²) >= 11 is 0. The maximum Gasteiger partial charge on any atom is 0.319 e. The van der Waals surface area contributed by atoms with Gasteiger partial charge in [0.2, 0.25) is 0 Å². The van der Waals surface area contributed by atoms with E-state index in [0.29, 0.717) is 31.2 Å². The van der Waals surface area contributed by atoms with Crippen molar-refractivity contribution in [2.75, 3.05) is 38.2 Å². The van der Waals surface area contributed by atoms with E-state index in [1.165, 1.54) is 5.56 Å². The van der Waals surface area contributed by atoms with E-state index in [4.69, 9.17) is 9.47 Å². The van der Waals surface area contributed by atoms with Crippen LogP contribution in [0.2, 0.25) is 0 Å². The highest BCUT2D eigenvalue weighted by molar-refractivity contribution is 5.90. The van der Waals surface area contributed by atoms with E-state index in [9.17, 15) is 4.79 Å². The van der Waals surface area contributed by atoms with Crippen LogP contribution in [0.3, 0.4) is 0 Å². The molecule has 6 nitrogen and oxygen atoms in total. The van der Waals surface area contributed by atoms with Gasteiger partial charge >= 0.3 is 6.03 Å². The summed E-state index contributed by atoms with van der Waals surface area (Å²) in [5.41, 5.74) is 1.96. The summed E-state index contributed by atoms with van der Waals surface area (Å²) in [6.45, 7) is 3.35. The van der Waals surface area contributed by atoms with Gasteiger partial charge in [-0.15, -0.1) is 0 Å². The third-order valence-corrected chi connectivity index (χ3v) is 4.34. The second-order valence-electron chi connectivity index (χ2n) is 6.47. The minimum atomic E-state index is -0.260. The number of para-hydroxylation sites is 2. The van der Waals surface area contributed by atoms with Crippen LogP contribution in [0.15, 0.2) is 54.6 Å². The number of aryl methyl sites for hydroxylation is 1. The number of ether oxygens (including phenoxy) is 2. The predicted octanol–water partition coefficient (Wildman–Crippen LogP) is 2.81. The zero-order chi connectivity index (χ0) is 18.7. The number of nitrogens with one attached hydrogen (secondary N) is 3. The summed E-state index contributed by atoms with van der Waals surface area (Å²) in [5.74, 6) is 0.677. The fourth-order valence-electron chi connectivity index (χ4n) is 2.92. The van der Waals surface area contributed by atoms with E-state index in [2.05, 4.69) is 28.1 Å². The molecule has 144 valence electrons. The largest absolute Gasteiger partial charge is 0.491 e. The molecule has 1 heterocycles. The van der Waals surface area contributed by atoms with Gasteiger partial charge in [-0.25, -0.2) is 4.79 Å². The molecule has 1 aliphatic heterocycles. The van der Waals surface area contributed by atoms with Crippen molar-refractivity contribution in [1.82, 2.24) is 10.6 Å². The second kappa shape index (κ2) is 10.5. The topological polar surface area (TPSA) is 71.6 Å². The van der Waals surface area contributed by atoms with E-state index in [1.807, 2.05) is 42.5 Å². The molecule has 0 unspecified atom stereocenters. The smallest absolute Gasteiger partial charge is 0.319 e. The number of urea groups is 1. The minimum absolute atomic E-state index is 0.00832. The Morgan fingerprint density at radius 1 is 1.15 bits per heavy atom. The summed E-state index contributed by atoms with van der Waals surface area (Å²) in [7, 11) is 0. The molecule has 2 amide bonds. The summed E-state index contributed by atoms with van der Waals surface area (Å²) < 4.78 is 11.5. The lowest BCUT2D eigenvalue weighted by Gasteiger charge is -2.23.